The highest BCUT2D eigenvalue weighted by Crippen LogP contribution is 2.07. The number of hydrogen-bond acceptors (Lipinski definition) is 1. The van der Waals surface area contributed by atoms with E-state index < -0.39 is 0 Å². The number of rotatable bonds is 0. The van der Waals surface area contributed by atoms with Crippen LogP contribution in [-0.2, 0) is 0 Å². The van der Waals surface area contributed by atoms with E-state index in [0.717, 1.165) is 5.52 Å². The number of nitrogens with zero attached hydrogens (tertiary/aromatic N) is 1. The van der Waals surface area contributed by atoms with Crippen molar-refractivity contribution in [1.82, 2.24) is 4.98 Å². The molecule has 0 bridgehead atoms. The molecule has 0 spiro atoms. The van der Waals surface area contributed by atoms with Crippen molar-refractivity contribution in [3.8, 4) is 0 Å². The quantitative estimate of drug-likeness (QED) is 0.615. The van der Waals surface area contributed by atoms with Crippen molar-refractivity contribution in [1.29, 1.82) is 0 Å². The van der Waals surface area contributed by atoms with Gasteiger partial charge in [-0.2, -0.15) is 0 Å². The van der Waals surface area contributed by atoms with Gasteiger partial charge in [0.15, 0.2) is 0 Å². The first-order valence-corrected chi connectivity index (χ1v) is 3.26. The van der Waals surface area contributed by atoms with E-state index in [1.165, 1.54) is 5.39 Å². The molecule has 0 amide bonds. The van der Waals surface area contributed by atoms with Crippen LogP contribution in [0.25, 0.3) is 10.9 Å². The average Bonchev–Trinajstić information content (AvgIpc) is 2.05. The van der Waals surface area contributed by atoms with Gasteiger partial charge in [0.2, 0.25) is 0 Å². The lowest BCUT2D eigenvalue weighted by molar-refractivity contribution is 0.824. The number of para-hydroxylation sites is 1. The summed E-state index contributed by atoms with van der Waals surface area (Å²) in [6.45, 7) is 0. The summed E-state index contributed by atoms with van der Waals surface area (Å²) in [5.41, 5.74) is 1.06. The molecule has 64 valence electrons. The fourth-order valence-corrected chi connectivity index (χ4v) is 1.02. The van der Waals surface area contributed by atoms with Crippen LogP contribution in [-0.4, -0.2) is 10.5 Å². The molecular formula is C9H10ClNO. The second-order valence-corrected chi connectivity index (χ2v) is 2.20. The molecule has 0 atom stereocenters. The molecular weight excluding hydrogens is 174 g/mol. The molecule has 0 radical (unpaired) electrons. The lowest BCUT2D eigenvalue weighted by Crippen LogP contribution is -1.73. The van der Waals surface area contributed by atoms with Gasteiger partial charge in [0, 0.05) is 11.6 Å². The standard InChI is InChI=1S/C9H7N.ClH.H2O/c1-2-6-9-8(4-1)5-3-7-10-9;;/h1-7H;1H;1H2. The number of halogens is 1. The zero-order valence-corrected chi connectivity index (χ0v) is 7.21. The van der Waals surface area contributed by atoms with E-state index >= 15 is 0 Å². The summed E-state index contributed by atoms with van der Waals surface area (Å²) < 4.78 is 0. The number of aromatic nitrogens is 1. The Morgan fingerprint density at radius 1 is 0.917 bits per heavy atom. The molecule has 2 aromatic rings. The predicted octanol–water partition coefficient (Wildman–Crippen LogP) is 1.83. The van der Waals surface area contributed by atoms with Gasteiger partial charge in [0.1, 0.15) is 0 Å². The van der Waals surface area contributed by atoms with Gasteiger partial charge >= 0.3 is 0 Å². The van der Waals surface area contributed by atoms with Crippen LogP contribution in [0.5, 0.6) is 0 Å². The van der Waals surface area contributed by atoms with Crippen molar-refractivity contribution < 1.29 is 5.48 Å². The van der Waals surface area contributed by atoms with Crippen LogP contribution >= 0.6 is 12.4 Å². The third-order valence-corrected chi connectivity index (χ3v) is 1.51. The number of hydrogen-bond donors (Lipinski definition) is 0. The molecule has 1 heterocycles. The minimum Gasteiger partial charge on any atom is -0.412 e. The summed E-state index contributed by atoms with van der Waals surface area (Å²) in [6.07, 6.45) is 1.81. The van der Waals surface area contributed by atoms with Gasteiger partial charge in [-0.15, -0.1) is 12.4 Å². The van der Waals surface area contributed by atoms with E-state index in [2.05, 4.69) is 17.1 Å². The first-order chi connectivity index (χ1) is 4.97. The highest BCUT2D eigenvalue weighted by Gasteiger charge is 1.86. The van der Waals surface area contributed by atoms with Crippen LogP contribution in [0.2, 0.25) is 0 Å². The Kier molecular flexibility index (Phi) is 4.26. The Bertz CT molecular complexity index is 286. The fraction of sp³-hybridized carbons (Fsp3) is 0. The molecule has 1 aromatic heterocycles. The fourth-order valence-electron chi connectivity index (χ4n) is 1.02. The topological polar surface area (TPSA) is 44.4 Å². The van der Waals surface area contributed by atoms with Crippen LogP contribution in [0.3, 0.4) is 0 Å². The van der Waals surface area contributed by atoms with Crippen molar-refractivity contribution in [3.63, 3.8) is 0 Å². The van der Waals surface area contributed by atoms with Gasteiger partial charge in [0.25, 0.3) is 0 Å². The van der Waals surface area contributed by atoms with Gasteiger partial charge in [-0.05, 0) is 12.1 Å². The van der Waals surface area contributed by atoms with Crippen LogP contribution in [0.1, 0.15) is 0 Å². The predicted molar refractivity (Wildman–Crippen MR) is 52.6 cm³/mol. The number of fused-ring (bicyclic) bond motifs is 1. The van der Waals surface area contributed by atoms with Gasteiger partial charge in [-0.25, -0.2) is 0 Å². The molecule has 0 aliphatic carbocycles. The van der Waals surface area contributed by atoms with E-state index in [-0.39, 0.29) is 17.9 Å². The molecule has 0 aliphatic heterocycles. The van der Waals surface area contributed by atoms with Crippen molar-refractivity contribution in [3.05, 3.63) is 42.6 Å². The molecule has 12 heavy (non-hydrogen) atoms. The maximum absolute atomic E-state index is 4.18. The second kappa shape index (κ2) is 4.70. The minimum absolute atomic E-state index is 0. The summed E-state index contributed by atoms with van der Waals surface area (Å²) in [7, 11) is 0. The highest BCUT2D eigenvalue weighted by molar-refractivity contribution is 5.85. The molecule has 0 fully saturated rings. The zero-order chi connectivity index (χ0) is 6.81. The molecule has 0 aliphatic rings. The highest BCUT2D eigenvalue weighted by atomic mass is 35.5. The van der Waals surface area contributed by atoms with Gasteiger partial charge in [0.05, 0.1) is 5.52 Å². The normalized spacial score (nSPS) is 8.33. The van der Waals surface area contributed by atoms with Gasteiger partial charge < -0.3 is 5.48 Å². The van der Waals surface area contributed by atoms with Crippen molar-refractivity contribution in [2.24, 2.45) is 0 Å². The lowest BCUT2D eigenvalue weighted by Gasteiger charge is -1.91. The first kappa shape index (κ1) is 10.9. The Balaban J connectivity index is 0.000000605. The Hall–Kier alpha value is -1.12. The van der Waals surface area contributed by atoms with E-state index in [0.29, 0.717) is 0 Å². The summed E-state index contributed by atoms with van der Waals surface area (Å²) in [5, 5.41) is 1.20. The molecule has 2 N–H and O–H groups in total. The second-order valence-electron chi connectivity index (χ2n) is 2.20. The van der Waals surface area contributed by atoms with Gasteiger partial charge in [-0.1, -0.05) is 24.3 Å². The average molecular weight is 184 g/mol. The molecule has 3 heteroatoms. The summed E-state index contributed by atoms with van der Waals surface area (Å²) >= 11 is 0. The first-order valence-electron chi connectivity index (χ1n) is 3.26. The van der Waals surface area contributed by atoms with Crippen molar-refractivity contribution in [2.75, 3.05) is 0 Å². The Morgan fingerprint density at radius 2 is 1.58 bits per heavy atom. The monoisotopic (exact) mass is 183 g/mol. The molecule has 2 rings (SSSR count). The third-order valence-electron chi connectivity index (χ3n) is 1.51. The SMILES string of the molecule is Cl.O.c1ccc2ncccc2c1. The van der Waals surface area contributed by atoms with Crippen LogP contribution in [0.4, 0.5) is 0 Å². The molecule has 2 nitrogen and oxygen atoms in total. The van der Waals surface area contributed by atoms with E-state index in [1.807, 2.05) is 30.5 Å². The van der Waals surface area contributed by atoms with E-state index in [9.17, 15) is 0 Å². The van der Waals surface area contributed by atoms with E-state index in [4.69, 9.17) is 0 Å². The maximum atomic E-state index is 4.18. The maximum Gasteiger partial charge on any atom is 0.0701 e. The summed E-state index contributed by atoms with van der Waals surface area (Å²) in [5.74, 6) is 0. The molecule has 0 saturated carbocycles. The van der Waals surface area contributed by atoms with Crippen LogP contribution in [0, 0.1) is 0 Å². The largest absolute Gasteiger partial charge is 0.412 e. The summed E-state index contributed by atoms with van der Waals surface area (Å²) in [6, 6.07) is 12.1. The number of pyridine rings is 1. The minimum atomic E-state index is 0. The van der Waals surface area contributed by atoms with Crippen LogP contribution < -0.4 is 0 Å². The van der Waals surface area contributed by atoms with Crippen molar-refractivity contribution in [2.45, 2.75) is 0 Å². The van der Waals surface area contributed by atoms with Gasteiger partial charge in [-0.3, -0.25) is 4.98 Å². The zero-order valence-electron chi connectivity index (χ0n) is 6.40. The Labute approximate surface area is 77.0 Å². The molecule has 0 unspecified atom stereocenters. The molecule has 1 aromatic carbocycles. The van der Waals surface area contributed by atoms with E-state index in [1.54, 1.807) is 0 Å². The molecule has 0 saturated heterocycles. The number of benzene rings is 1. The van der Waals surface area contributed by atoms with Crippen molar-refractivity contribution >= 4 is 23.3 Å². The van der Waals surface area contributed by atoms with Crippen LogP contribution in [0.15, 0.2) is 42.6 Å². The Morgan fingerprint density at radius 3 is 2.33 bits per heavy atom. The smallest absolute Gasteiger partial charge is 0.0701 e. The lowest BCUT2D eigenvalue weighted by atomic mass is 10.2. The third kappa shape index (κ3) is 1.94. The summed E-state index contributed by atoms with van der Waals surface area (Å²) in [4.78, 5) is 4.18.